The molecule has 2 N–H and O–H groups in total. The lowest BCUT2D eigenvalue weighted by Gasteiger charge is -2.31. The number of hydrogen-bond donors (Lipinski definition) is 1. The van der Waals surface area contributed by atoms with Gasteiger partial charge >= 0.3 is 0 Å². The Kier molecular flexibility index (Phi) is 5.99. The Balaban J connectivity index is 2.47. The summed E-state index contributed by atoms with van der Waals surface area (Å²) in [6.07, 6.45) is 14.9. The van der Waals surface area contributed by atoms with Crippen LogP contribution in [0.15, 0.2) is 0 Å². The van der Waals surface area contributed by atoms with Gasteiger partial charge in [0.25, 0.3) is 0 Å². The first-order valence-corrected chi connectivity index (χ1v) is 7.70. The molecule has 1 heteroatoms. The molecule has 1 saturated carbocycles. The van der Waals surface area contributed by atoms with E-state index in [-0.39, 0.29) is 5.54 Å². The number of hydrogen-bond acceptors (Lipinski definition) is 1. The lowest BCUT2D eigenvalue weighted by molar-refractivity contribution is 0.247. The van der Waals surface area contributed by atoms with E-state index in [0.29, 0.717) is 5.41 Å². The van der Waals surface area contributed by atoms with Gasteiger partial charge in [0, 0.05) is 5.54 Å². The molecule has 1 unspecified atom stereocenters. The van der Waals surface area contributed by atoms with E-state index in [0.717, 1.165) is 0 Å². The number of rotatable bonds is 0. The Hall–Kier alpha value is -0.0400. The van der Waals surface area contributed by atoms with Crippen molar-refractivity contribution in [3.63, 3.8) is 0 Å². The maximum absolute atomic E-state index is 6.42. The van der Waals surface area contributed by atoms with Gasteiger partial charge in [-0.25, -0.2) is 0 Å². The average Bonchev–Trinajstić information content (AvgIpc) is 2.24. The zero-order chi connectivity index (χ0) is 12.8. The van der Waals surface area contributed by atoms with E-state index in [2.05, 4.69) is 20.8 Å². The van der Waals surface area contributed by atoms with Crippen molar-refractivity contribution in [2.45, 2.75) is 96.9 Å². The van der Waals surface area contributed by atoms with Gasteiger partial charge in [-0.3, -0.25) is 0 Å². The SMILES string of the molecule is CC1(C)CCCCCCCCCC(C)(N)CC1. The van der Waals surface area contributed by atoms with E-state index in [1.807, 2.05) is 0 Å². The molecule has 1 aliphatic carbocycles. The van der Waals surface area contributed by atoms with Crippen LogP contribution in [-0.2, 0) is 0 Å². The first kappa shape index (κ1) is 15.0. The van der Waals surface area contributed by atoms with Gasteiger partial charge in [-0.15, -0.1) is 0 Å². The molecule has 0 spiro atoms. The minimum Gasteiger partial charge on any atom is -0.325 e. The highest BCUT2D eigenvalue weighted by molar-refractivity contribution is 4.82. The van der Waals surface area contributed by atoms with Crippen LogP contribution < -0.4 is 5.73 Å². The summed E-state index contributed by atoms with van der Waals surface area (Å²) in [6, 6.07) is 0. The lowest BCUT2D eigenvalue weighted by atomic mass is 9.78. The quantitative estimate of drug-likeness (QED) is 0.630. The largest absolute Gasteiger partial charge is 0.325 e. The van der Waals surface area contributed by atoms with E-state index < -0.39 is 0 Å². The van der Waals surface area contributed by atoms with E-state index in [1.54, 1.807) is 0 Å². The van der Waals surface area contributed by atoms with Crippen LogP contribution in [0.4, 0.5) is 0 Å². The second-order valence-electron chi connectivity index (χ2n) is 7.29. The molecular weight excluding hydrogens is 206 g/mol. The Morgan fingerprint density at radius 2 is 1.06 bits per heavy atom. The Morgan fingerprint density at radius 1 is 0.588 bits per heavy atom. The van der Waals surface area contributed by atoms with E-state index >= 15 is 0 Å². The van der Waals surface area contributed by atoms with Crippen molar-refractivity contribution in [1.82, 2.24) is 0 Å². The van der Waals surface area contributed by atoms with Crippen LogP contribution in [0.2, 0.25) is 0 Å². The fraction of sp³-hybridized carbons (Fsp3) is 1.00. The Bertz CT molecular complexity index is 184. The van der Waals surface area contributed by atoms with Crippen molar-refractivity contribution in [2.24, 2.45) is 11.1 Å². The van der Waals surface area contributed by atoms with Crippen LogP contribution in [0.3, 0.4) is 0 Å². The fourth-order valence-corrected chi connectivity index (χ4v) is 2.89. The molecule has 1 fully saturated rings. The van der Waals surface area contributed by atoms with Crippen LogP contribution in [0, 0.1) is 5.41 Å². The molecular formula is C16H33N. The molecule has 17 heavy (non-hydrogen) atoms. The topological polar surface area (TPSA) is 26.0 Å². The predicted octanol–water partition coefficient (Wildman–Crippen LogP) is 5.03. The smallest absolute Gasteiger partial charge is 0.0126 e. The van der Waals surface area contributed by atoms with Crippen molar-refractivity contribution in [1.29, 1.82) is 0 Å². The van der Waals surface area contributed by atoms with Crippen LogP contribution in [-0.4, -0.2) is 5.54 Å². The molecule has 0 bridgehead atoms. The highest BCUT2D eigenvalue weighted by atomic mass is 14.7. The second-order valence-corrected chi connectivity index (χ2v) is 7.29. The molecule has 1 aliphatic rings. The minimum absolute atomic E-state index is 0.0747. The Morgan fingerprint density at radius 3 is 1.65 bits per heavy atom. The molecule has 0 heterocycles. The highest BCUT2D eigenvalue weighted by Gasteiger charge is 2.24. The summed E-state index contributed by atoms with van der Waals surface area (Å²) in [5.41, 5.74) is 6.99. The standard InChI is InChI=1S/C16H33N/c1-15(2)11-9-7-5-4-6-8-10-12-16(3,17)14-13-15/h4-14,17H2,1-3H3. The molecule has 0 aromatic carbocycles. The van der Waals surface area contributed by atoms with Crippen molar-refractivity contribution in [2.75, 3.05) is 0 Å². The van der Waals surface area contributed by atoms with Crippen molar-refractivity contribution in [3.8, 4) is 0 Å². The van der Waals surface area contributed by atoms with Gasteiger partial charge in [0.1, 0.15) is 0 Å². The highest BCUT2D eigenvalue weighted by Crippen LogP contribution is 2.33. The summed E-state index contributed by atoms with van der Waals surface area (Å²) < 4.78 is 0. The molecule has 0 aliphatic heterocycles. The normalized spacial score (nSPS) is 33.2. The third-order valence-electron chi connectivity index (χ3n) is 4.47. The molecule has 0 saturated heterocycles. The molecule has 1 atom stereocenters. The Labute approximate surface area is 109 Å². The predicted molar refractivity (Wildman–Crippen MR) is 77.2 cm³/mol. The van der Waals surface area contributed by atoms with Crippen LogP contribution in [0.5, 0.6) is 0 Å². The van der Waals surface area contributed by atoms with Gasteiger partial charge in [0.2, 0.25) is 0 Å². The molecule has 0 aromatic rings. The molecule has 1 nitrogen and oxygen atoms in total. The third-order valence-corrected chi connectivity index (χ3v) is 4.47. The van der Waals surface area contributed by atoms with Gasteiger partial charge in [0.15, 0.2) is 0 Å². The van der Waals surface area contributed by atoms with Gasteiger partial charge in [-0.05, 0) is 38.0 Å². The van der Waals surface area contributed by atoms with E-state index in [4.69, 9.17) is 5.73 Å². The van der Waals surface area contributed by atoms with Crippen LogP contribution in [0.1, 0.15) is 91.4 Å². The maximum Gasteiger partial charge on any atom is 0.0126 e. The van der Waals surface area contributed by atoms with Gasteiger partial charge in [-0.2, -0.15) is 0 Å². The minimum atomic E-state index is 0.0747. The lowest BCUT2D eigenvalue weighted by Crippen LogP contribution is -2.37. The van der Waals surface area contributed by atoms with Crippen molar-refractivity contribution in [3.05, 3.63) is 0 Å². The zero-order valence-electron chi connectivity index (χ0n) is 12.4. The average molecular weight is 239 g/mol. The van der Waals surface area contributed by atoms with Gasteiger partial charge < -0.3 is 5.73 Å². The summed E-state index contributed by atoms with van der Waals surface area (Å²) in [5.74, 6) is 0. The maximum atomic E-state index is 6.42. The van der Waals surface area contributed by atoms with Crippen LogP contribution >= 0.6 is 0 Å². The van der Waals surface area contributed by atoms with Gasteiger partial charge in [0.05, 0.1) is 0 Å². The van der Waals surface area contributed by atoms with Crippen molar-refractivity contribution < 1.29 is 0 Å². The second kappa shape index (κ2) is 6.78. The number of nitrogens with two attached hydrogens (primary N) is 1. The first-order valence-electron chi connectivity index (χ1n) is 7.70. The first-order chi connectivity index (χ1) is 7.91. The molecule has 0 amide bonds. The summed E-state index contributed by atoms with van der Waals surface area (Å²) in [6.45, 7) is 7.09. The molecule has 0 aromatic heterocycles. The summed E-state index contributed by atoms with van der Waals surface area (Å²) >= 11 is 0. The monoisotopic (exact) mass is 239 g/mol. The van der Waals surface area contributed by atoms with E-state index in [9.17, 15) is 0 Å². The fourth-order valence-electron chi connectivity index (χ4n) is 2.89. The summed E-state index contributed by atoms with van der Waals surface area (Å²) in [5, 5.41) is 0. The van der Waals surface area contributed by atoms with E-state index in [1.165, 1.54) is 70.6 Å². The van der Waals surface area contributed by atoms with Crippen LogP contribution in [0.25, 0.3) is 0 Å². The zero-order valence-corrected chi connectivity index (χ0v) is 12.4. The molecule has 1 rings (SSSR count). The van der Waals surface area contributed by atoms with Gasteiger partial charge in [-0.1, -0.05) is 58.8 Å². The summed E-state index contributed by atoms with van der Waals surface area (Å²) in [7, 11) is 0. The summed E-state index contributed by atoms with van der Waals surface area (Å²) in [4.78, 5) is 0. The molecule has 0 radical (unpaired) electrons. The van der Waals surface area contributed by atoms with Crippen molar-refractivity contribution >= 4 is 0 Å². The molecule has 102 valence electrons. The third kappa shape index (κ3) is 7.08.